The third-order valence-electron chi connectivity index (χ3n) is 10.6. The van der Waals surface area contributed by atoms with Gasteiger partial charge in [-0.1, -0.05) is 32.0 Å². The monoisotopic (exact) mass is 927 g/mol. The predicted molar refractivity (Wildman–Crippen MR) is 189 cm³/mol. The second kappa shape index (κ2) is 18.8. The van der Waals surface area contributed by atoms with E-state index >= 15 is 35.1 Å². The van der Waals surface area contributed by atoms with Crippen LogP contribution in [0.4, 0.5) is 87.8 Å². The summed E-state index contributed by atoms with van der Waals surface area (Å²) in [5, 5.41) is 0. The molecule has 22 heteroatoms. The highest BCUT2D eigenvalue weighted by molar-refractivity contribution is 7.20. The Balaban J connectivity index is 0.000000405. The normalized spacial score (nSPS) is 12.0. The van der Waals surface area contributed by atoms with Crippen molar-refractivity contribution in [2.24, 2.45) is 0 Å². The maximum Gasteiger partial charge on any atom is 0.200 e. The van der Waals surface area contributed by atoms with E-state index in [4.69, 9.17) is 0 Å². The molecular weight excluding hydrogens is 897 g/mol. The second-order valence-corrected chi connectivity index (χ2v) is 14.7. The van der Waals surface area contributed by atoms with Gasteiger partial charge >= 0.3 is 0 Å². The number of halogens is 20. The average Bonchev–Trinajstić information content (AvgIpc) is 3.25. The minimum Gasteiger partial charge on any atom is -0.327 e. The Morgan fingerprint density at radius 1 is 0.349 bits per heavy atom. The highest BCUT2D eigenvalue weighted by Gasteiger charge is 2.52. The van der Waals surface area contributed by atoms with Gasteiger partial charge in [0.2, 0.25) is 0 Å². The van der Waals surface area contributed by atoms with Gasteiger partial charge in [-0.2, -0.15) is 0 Å². The van der Waals surface area contributed by atoms with Crippen molar-refractivity contribution in [2.45, 2.75) is 73.0 Å². The van der Waals surface area contributed by atoms with E-state index in [0.29, 0.717) is 12.1 Å². The van der Waals surface area contributed by atoms with Crippen molar-refractivity contribution in [3.05, 3.63) is 151 Å². The Hall–Kier alpha value is -5.28. The first-order valence-corrected chi connectivity index (χ1v) is 18.4. The zero-order valence-corrected chi connectivity index (χ0v) is 33.1. The molecule has 0 aromatic heterocycles. The molecule has 0 radical (unpaired) electrons. The van der Waals surface area contributed by atoms with Gasteiger partial charge in [0.05, 0.1) is 12.1 Å². The molecular formula is C41H30BF20N. The summed E-state index contributed by atoms with van der Waals surface area (Å²) in [6.07, 6.45) is -4.93. The van der Waals surface area contributed by atoms with E-state index in [0.717, 1.165) is 19.4 Å². The number of hydrogen-bond acceptors (Lipinski definition) is 0. The van der Waals surface area contributed by atoms with Crippen molar-refractivity contribution < 1.29 is 92.7 Å². The van der Waals surface area contributed by atoms with Gasteiger partial charge in [-0.15, -0.1) is 21.9 Å². The summed E-state index contributed by atoms with van der Waals surface area (Å²) < 4.78 is 294. The number of aryl methyl sites for hydroxylation is 2. The van der Waals surface area contributed by atoms with Crippen LogP contribution in [0.3, 0.4) is 0 Å². The molecule has 5 rings (SSSR count). The molecule has 0 amide bonds. The summed E-state index contributed by atoms with van der Waals surface area (Å²) in [4.78, 5) is 1.67. The molecule has 0 aliphatic carbocycles. The fraction of sp³-hybridized carbons (Fsp3) is 0.268. The van der Waals surface area contributed by atoms with Crippen LogP contribution in [0.2, 0.25) is 0 Å². The first-order chi connectivity index (χ1) is 29.2. The molecule has 0 saturated heterocycles. The Morgan fingerprint density at radius 3 is 0.794 bits per heavy atom. The van der Waals surface area contributed by atoms with Gasteiger partial charge < -0.3 is 4.90 Å². The molecule has 0 aliphatic rings. The summed E-state index contributed by atoms with van der Waals surface area (Å²) in [5.41, 5.74) is -9.80. The second-order valence-electron chi connectivity index (χ2n) is 14.7. The minimum absolute atomic E-state index is 0.681. The van der Waals surface area contributed by atoms with Crippen molar-refractivity contribution in [3.63, 3.8) is 0 Å². The Morgan fingerprint density at radius 2 is 0.587 bits per heavy atom. The lowest BCUT2D eigenvalue weighted by Gasteiger charge is -2.44. The third kappa shape index (κ3) is 8.22. The van der Waals surface area contributed by atoms with Crippen molar-refractivity contribution in [1.82, 2.24) is 0 Å². The SMILES string of the molecule is CCc1ccc(C[NH+](C(C)C)C(C)C)c(CC)c1.Fc1c(F)c(F)c([B-](c2c(F)c(F)c(F)c(F)c2F)(c2c(F)c(F)c(F)c(F)c2F)c2c(F)c(F)c(F)c(F)c2F)c(F)c1F. The van der Waals surface area contributed by atoms with Gasteiger partial charge in [0.25, 0.3) is 0 Å². The summed E-state index contributed by atoms with van der Waals surface area (Å²) in [6.45, 7) is 14.9. The highest BCUT2D eigenvalue weighted by atomic mass is 19.2. The first kappa shape index (κ1) is 50.4. The highest BCUT2D eigenvalue weighted by Crippen LogP contribution is 2.31. The molecule has 0 bridgehead atoms. The van der Waals surface area contributed by atoms with Crippen molar-refractivity contribution in [3.8, 4) is 0 Å². The number of nitrogens with one attached hydrogen (secondary N) is 1. The summed E-state index contributed by atoms with van der Waals surface area (Å²) in [5.74, 6) is -71.4. The summed E-state index contributed by atoms with van der Waals surface area (Å²) in [6, 6.07) is 8.41. The Kier molecular flexibility index (Phi) is 15.1. The van der Waals surface area contributed by atoms with Crippen LogP contribution in [0.25, 0.3) is 0 Å². The van der Waals surface area contributed by atoms with Gasteiger partial charge in [0.1, 0.15) is 59.2 Å². The van der Waals surface area contributed by atoms with Crippen LogP contribution < -0.4 is 26.8 Å². The van der Waals surface area contributed by atoms with E-state index < -0.39 is 144 Å². The van der Waals surface area contributed by atoms with Crippen LogP contribution >= 0.6 is 0 Å². The molecule has 342 valence electrons. The smallest absolute Gasteiger partial charge is 0.200 e. The number of hydrogen-bond donors (Lipinski definition) is 1. The molecule has 5 aromatic carbocycles. The van der Waals surface area contributed by atoms with Gasteiger partial charge in [0.15, 0.2) is 69.8 Å². The predicted octanol–water partition coefficient (Wildman–Crippen LogP) is 8.86. The Labute approximate surface area is 344 Å². The van der Waals surface area contributed by atoms with Gasteiger partial charge in [-0.05, 0) is 51.7 Å². The zero-order chi connectivity index (χ0) is 48.1. The van der Waals surface area contributed by atoms with Crippen LogP contribution in [0.5, 0.6) is 0 Å². The van der Waals surface area contributed by atoms with E-state index in [9.17, 15) is 52.7 Å². The molecule has 5 aromatic rings. The van der Waals surface area contributed by atoms with E-state index in [1.54, 1.807) is 4.90 Å². The van der Waals surface area contributed by atoms with E-state index in [1.807, 2.05) is 0 Å². The van der Waals surface area contributed by atoms with Gasteiger partial charge in [0, 0.05) is 5.56 Å². The quantitative estimate of drug-likeness (QED) is 0.0619. The minimum atomic E-state index is -7.22. The molecule has 1 nitrogen and oxygen atoms in total. The third-order valence-corrected chi connectivity index (χ3v) is 10.6. The largest absolute Gasteiger partial charge is 0.327 e. The lowest BCUT2D eigenvalue weighted by atomic mass is 9.12. The average molecular weight is 927 g/mol. The lowest BCUT2D eigenvalue weighted by molar-refractivity contribution is -0.955. The van der Waals surface area contributed by atoms with Crippen LogP contribution in [0.1, 0.15) is 58.2 Å². The van der Waals surface area contributed by atoms with Crippen LogP contribution in [-0.2, 0) is 19.4 Å². The number of rotatable bonds is 10. The molecule has 0 aliphatic heterocycles. The van der Waals surface area contributed by atoms with Gasteiger partial charge in [-0.25, -0.2) is 87.8 Å². The number of benzene rings is 5. The molecule has 0 spiro atoms. The van der Waals surface area contributed by atoms with Crippen LogP contribution in [-0.4, -0.2) is 18.2 Å². The van der Waals surface area contributed by atoms with Crippen molar-refractivity contribution >= 4 is 28.0 Å². The molecule has 0 unspecified atom stereocenters. The van der Waals surface area contributed by atoms with E-state index in [-0.39, 0.29) is 0 Å². The van der Waals surface area contributed by atoms with E-state index in [1.165, 1.54) is 16.7 Å². The maximum absolute atomic E-state index is 15.4. The first-order valence-electron chi connectivity index (χ1n) is 18.4. The van der Waals surface area contributed by atoms with Crippen molar-refractivity contribution in [1.29, 1.82) is 0 Å². The molecule has 63 heavy (non-hydrogen) atoms. The fourth-order valence-electron chi connectivity index (χ4n) is 7.57. The Bertz CT molecular complexity index is 2200. The molecule has 0 atom stereocenters. The van der Waals surface area contributed by atoms with Crippen LogP contribution in [0, 0.1) is 116 Å². The fourth-order valence-corrected chi connectivity index (χ4v) is 7.57. The number of quaternary nitrogens is 1. The van der Waals surface area contributed by atoms with E-state index in [2.05, 4.69) is 59.7 Å². The summed E-state index contributed by atoms with van der Waals surface area (Å²) >= 11 is 0. The molecule has 1 N–H and O–H groups in total. The van der Waals surface area contributed by atoms with Gasteiger partial charge in [-0.3, -0.25) is 0 Å². The van der Waals surface area contributed by atoms with Crippen LogP contribution in [0.15, 0.2) is 18.2 Å². The summed E-state index contributed by atoms with van der Waals surface area (Å²) in [7, 11) is 0. The topological polar surface area (TPSA) is 4.44 Å². The lowest BCUT2D eigenvalue weighted by Crippen LogP contribution is -3.16. The molecule has 0 fully saturated rings. The maximum atomic E-state index is 15.4. The van der Waals surface area contributed by atoms with Crippen molar-refractivity contribution in [2.75, 3.05) is 0 Å². The molecule has 0 saturated carbocycles. The standard InChI is InChI=1S/C24BF20.C17H29N/c26-5-1(6(27)14(35)21(42)13(5)34)25(2-7(28)15(36)22(43)16(37)8(2)29,3-9(30)17(38)23(44)18(39)10(3)31)4-11(32)19(40)24(45)20(41)12(4)33;1-7-15-9-10-17(16(8-2)11-15)12-18(13(3)4)14(5)6/h;9-11,13-14H,7-8,12H2,1-6H3/q-1;/p+1. The molecule has 0 heterocycles. The zero-order valence-electron chi connectivity index (χ0n) is 33.1.